The van der Waals surface area contributed by atoms with Gasteiger partial charge in [0.25, 0.3) is 0 Å². The van der Waals surface area contributed by atoms with Crippen molar-refractivity contribution in [2.75, 3.05) is 39.5 Å². The van der Waals surface area contributed by atoms with Crippen molar-refractivity contribution >= 4 is 15.9 Å². The maximum atomic E-state index is 5.81. The SMILES string of the molecule is Cc1ccc(Br)cc1OCCN1CCOCC1. The molecule has 0 aliphatic carbocycles. The first kappa shape index (κ1) is 12.9. The summed E-state index contributed by atoms with van der Waals surface area (Å²) in [6, 6.07) is 6.12. The monoisotopic (exact) mass is 299 g/mol. The molecule has 0 bridgehead atoms. The fourth-order valence-electron chi connectivity index (χ4n) is 1.84. The molecule has 3 nitrogen and oxygen atoms in total. The van der Waals surface area contributed by atoms with Gasteiger partial charge in [0.1, 0.15) is 12.4 Å². The molecule has 17 heavy (non-hydrogen) atoms. The van der Waals surface area contributed by atoms with Crippen LogP contribution in [0.15, 0.2) is 22.7 Å². The second kappa shape index (κ2) is 6.38. The summed E-state index contributed by atoms with van der Waals surface area (Å²) >= 11 is 3.46. The van der Waals surface area contributed by atoms with Crippen molar-refractivity contribution < 1.29 is 9.47 Å². The highest BCUT2D eigenvalue weighted by molar-refractivity contribution is 9.10. The summed E-state index contributed by atoms with van der Waals surface area (Å²) in [5, 5.41) is 0. The van der Waals surface area contributed by atoms with E-state index in [1.54, 1.807) is 0 Å². The minimum atomic E-state index is 0.733. The van der Waals surface area contributed by atoms with Gasteiger partial charge in [-0.2, -0.15) is 0 Å². The Hall–Kier alpha value is -0.580. The predicted molar refractivity (Wildman–Crippen MR) is 71.6 cm³/mol. The third-order valence-corrected chi connectivity index (χ3v) is 3.41. The molecular weight excluding hydrogens is 282 g/mol. The largest absolute Gasteiger partial charge is 0.492 e. The Morgan fingerprint density at radius 2 is 2.12 bits per heavy atom. The number of halogens is 1. The van der Waals surface area contributed by atoms with Crippen LogP contribution in [0.1, 0.15) is 5.56 Å². The van der Waals surface area contributed by atoms with Crippen molar-refractivity contribution in [3.63, 3.8) is 0 Å². The zero-order valence-electron chi connectivity index (χ0n) is 10.1. The minimum absolute atomic E-state index is 0.733. The quantitative estimate of drug-likeness (QED) is 0.852. The fraction of sp³-hybridized carbons (Fsp3) is 0.538. The van der Waals surface area contributed by atoms with E-state index in [0.29, 0.717) is 0 Å². The van der Waals surface area contributed by atoms with Crippen molar-refractivity contribution in [3.8, 4) is 5.75 Å². The van der Waals surface area contributed by atoms with Gasteiger partial charge in [0.15, 0.2) is 0 Å². The van der Waals surface area contributed by atoms with Gasteiger partial charge in [0.2, 0.25) is 0 Å². The second-order valence-electron chi connectivity index (χ2n) is 4.21. The molecule has 2 rings (SSSR count). The van der Waals surface area contributed by atoms with Crippen LogP contribution in [0, 0.1) is 6.92 Å². The molecule has 0 radical (unpaired) electrons. The van der Waals surface area contributed by atoms with Gasteiger partial charge >= 0.3 is 0 Å². The second-order valence-corrected chi connectivity index (χ2v) is 5.13. The molecule has 4 heteroatoms. The Morgan fingerprint density at radius 3 is 2.88 bits per heavy atom. The van der Waals surface area contributed by atoms with E-state index >= 15 is 0 Å². The van der Waals surface area contributed by atoms with E-state index in [9.17, 15) is 0 Å². The number of benzene rings is 1. The van der Waals surface area contributed by atoms with Crippen molar-refractivity contribution in [2.45, 2.75) is 6.92 Å². The standard InChI is InChI=1S/C13H18BrNO2/c1-11-2-3-12(14)10-13(11)17-9-6-15-4-7-16-8-5-15/h2-3,10H,4-9H2,1H3. The lowest BCUT2D eigenvalue weighted by Gasteiger charge is -2.26. The molecule has 0 saturated carbocycles. The number of hydrogen-bond acceptors (Lipinski definition) is 3. The maximum Gasteiger partial charge on any atom is 0.123 e. The topological polar surface area (TPSA) is 21.7 Å². The molecule has 1 aromatic rings. The van der Waals surface area contributed by atoms with Crippen LogP contribution in [-0.4, -0.2) is 44.4 Å². The Balaban J connectivity index is 1.79. The van der Waals surface area contributed by atoms with Gasteiger partial charge in [-0.3, -0.25) is 4.90 Å². The average Bonchev–Trinajstić information content (AvgIpc) is 2.35. The molecular formula is C13H18BrNO2. The lowest BCUT2D eigenvalue weighted by Crippen LogP contribution is -2.38. The highest BCUT2D eigenvalue weighted by Crippen LogP contribution is 2.22. The van der Waals surface area contributed by atoms with Gasteiger partial charge in [-0.25, -0.2) is 0 Å². The maximum absolute atomic E-state index is 5.81. The number of morpholine rings is 1. The van der Waals surface area contributed by atoms with E-state index < -0.39 is 0 Å². The molecule has 0 aromatic heterocycles. The van der Waals surface area contributed by atoms with Crippen LogP contribution in [-0.2, 0) is 4.74 Å². The molecule has 1 aliphatic heterocycles. The molecule has 1 aliphatic rings. The molecule has 1 aromatic carbocycles. The molecule has 0 spiro atoms. The lowest BCUT2D eigenvalue weighted by molar-refractivity contribution is 0.0322. The summed E-state index contributed by atoms with van der Waals surface area (Å²) in [6.45, 7) is 7.48. The third-order valence-electron chi connectivity index (χ3n) is 2.92. The van der Waals surface area contributed by atoms with E-state index in [0.717, 1.165) is 49.7 Å². The molecule has 1 fully saturated rings. The van der Waals surface area contributed by atoms with E-state index in [1.165, 1.54) is 5.56 Å². The molecule has 1 saturated heterocycles. The van der Waals surface area contributed by atoms with E-state index in [2.05, 4.69) is 33.8 Å². The van der Waals surface area contributed by atoms with Crippen LogP contribution in [0.25, 0.3) is 0 Å². The zero-order valence-corrected chi connectivity index (χ0v) is 11.7. The number of ether oxygens (including phenoxy) is 2. The van der Waals surface area contributed by atoms with Crippen molar-refractivity contribution in [1.29, 1.82) is 0 Å². The number of nitrogens with zero attached hydrogens (tertiary/aromatic N) is 1. The first-order valence-corrected chi connectivity index (χ1v) is 6.74. The minimum Gasteiger partial charge on any atom is -0.492 e. The van der Waals surface area contributed by atoms with Gasteiger partial charge in [0.05, 0.1) is 13.2 Å². The third kappa shape index (κ3) is 3.98. The van der Waals surface area contributed by atoms with Gasteiger partial charge in [0, 0.05) is 24.1 Å². The number of hydrogen-bond donors (Lipinski definition) is 0. The molecule has 1 heterocycles. The smallest absolute Gasteiger partial charge is 0.123 e. The molecule has 0 N–H and O–H groups in total. The normalized spacial score (nSPS) is 17.1. The summed E-state index contributed by atoms with van der Waals surface area (Å²) in [6.07, 6.45) is 0. The Bertz CT molecular complexity index is 364. The average molecular weight is 300 g/mol. The summed E-state index contributed by atoms with van der Waals surface area (Å²) in [4.78, 5) is 2.37. The molecule has 0 unspecified atom stereocenters. The molecule has 0 amide bonds. The summed E-state index contributed by atoms with van der Waals surface area (Å²) < 4.78 is 12.2. The van der Waals surface area contributed by atoms with Crippen molar-refractivity contribution in [3.05, 3.63) is 28.2 Å². The van der Waals surface area contributed by atoms with Gasteiger partial charge in [-0.05, 0) is 24.6 Å². The van der Waals surface area contributed by atoms with Gasteiger partial charge in [-0.15, -0.1) is 0 Å². The highest BCUT2D eigenvalue weighted by atomic mass is 79.9. The summed E-state index contributed by atoms with van der Waals surface area (Å²) in [5.74, 6) is 0.965. The van der Waals surface area contributed by atoms with Crippen molar-refractivity contribution in [2.24, 2.45) is 0 Å². The lowest BCUT2D eigenvalue weighted by atomic mass is 10.2. The van der Waals surface area contributed by atoms with E-state index in [1.807, 2.05) is 12.1 Å². The van der Waals surface area contributed by atoms with Crippen LogP contribution < -0.4 is 4.74 Å². The Labute approximate surface area is 111 Å². The first-order valence-electron chi connectivity index (χ1n) is 5.95. The summed E-state index contributed by atoms with van der Waals surface area (Å²) in [5.41, 5.74) is 1.18. The van der Waals surface area contributed by atoms with Crippen LogP contribution in [0.2, 0.25) is 0 Å². The fourth-order valence-corrected chi connectivity index (χ4v) is 2.18. The van der Waals surface area contributed by atoms with Crippen LogP contribution in [0.4, 0.5) is 0 Å². The Morgan fingerprint density at radius 1 is 1.35 bits per heavy atom. The van der Waals surface area contributed by atoms with Crippen LogP contribution in [0.3, 0.4) is 0 Å². The molecule has 94 valence electrons. The van der Waals surface area contributed by atoms with E-state index in [4.69, 9.17) is 9.47 Å². The molecule has 0 atom stereocenters. The van der Waals surface area contributed by atoms with E-state index in [-0.39, 0.29) is 0 Å². The van der Waals surface area contributed by atoms with Gasteiger partial charge in [-0.1, -0.05) is 22.0 Å². The first-order chi connectivity index (χ1) is 8.25. The van der Waals surface area contributed by atoms with Crippen LogP contribution >= 0.6 is 15.9 Å². The van der Waals surface area contributed by atoms with Crippen LogP contribution in [0.5, 0.6) is 5.75 Å². The zero-order chi connectivity index (χ0) is 12.1. The number of rotatable bonds is 4. The predicted octanol–water partition coefficient (Wildman–Crippen LogP) is 2.47. The highest BCUT2D eigenvalue weighted by Gasteiger charge is 2.10. The number of aryl methyl sites for hydroxylation is 1. The summed E-state index contributed by atoms with van der Waals surface area (Å²) in [7, 11) is 0. The Kier molecular flexibility index (Phi) is 4.83. The van der Waals surface area contributed by atoms with Crippen molar-refractivity contribution in [1.82, 2.24) is 4.90 Å². The van der Waals surface area contributed by atoms with Gasteiger partial charge < -0.3 is 9.47 Å².